The van der Waals surface area contributed by atoms with Crippen LogP contribution in [0.5, 0.6) is 11.5 Å². The molecule has 2 rings (SSSR count). The lowest BCUT2D eigenvalue weighted by Gasteiger charge is -2.13. The molecule has 2 aromatic heterocycles. The highest BCUT2D eigenvalue weighted by Crippen LogP contribution is 2.33. The van der Waals surface area contributed by atoms with Crippen molar-refractivity contribution in [1.29, 1.82) is 0 Å². The molecule has 0 unspecified atom stereocenters. The number of rotatable bonds is 10. The van der Waals surface area contributed by atoms with Crippen LogP contribution in [0.15, 0.2) is 67.3 Å². The number of alkyl halides is 3. The monoisotopic (exact) mass is 434 g/mol. The fraction of sp³-hybridized carbons (Fsp3) is 0.261. The van der Waals surface area contributed by atoms with E-state index >= 15 is 0 Å². The third-order valence-corrected chi connectivity index (χ3v) is 4.20. The first-order valence-corrected chi connectivity index (χ1v) is 9.51. The van der Waals surface area contributed by atoms with Gasteiger partial charge in [0.15, 0.2) is 17.4 Å². The SMILES string of the molecule is C=C(C/C=C(\CCC)c1ncccc1Oc1ccc(C(F)(F)F)nc1)CC(=O)C(=C)F. The summed E-state index contributed by atoms with van der Waals surface area (Å²) in [6.07, 6.45) is 1.47. The summed E-state index contributed by atoms with van der Waals surface area (Å²) in [5.74, 6) is -1.24. The van der Waals surface area contributed by atoms with Crippen molar-refractivity contribution in [3.8, 4) is 11.5 Å². The van der Waals surface area contributed by atoms with E-state index in [0.29, 0.717) is 29.9 Å². The van der Waals surface area contributed by atoms with Crippen molar-refractivity contribution >= 4 is 11.4 Å². The molecule has 31 heavy (non-hydrogen) atoms. The molecule has 0 saturated carbocycles. The summed E-state index contributed by atoms with van der Waals surface area (Å²) >= 11 is 0. The number of nitrogens with zero attached hydrogens (tertiary/aromatic N) is 2. The molecule has 0 atom stereocenters. The summed E-state index contributed by atoms with van der Waals surface area (Å²) in [6, 6.07) is 5.32. The Morgan fingerprint density at radius 2 is 1.94 bits per heavy atom. The molecule has 0 saturated heterocycles. The predicted molar refractivity (Wildman–Crippen MR) is 110 cm³/mol. The highest BCUT2D eigenvalue weighted by atomic mass is 19.4. The van der Waals surface area contributed by atoms with Crippen molar-refractivity contribution in [3.05, 3.63) is 78.7 Å². The van der Waals surface area contributed by atoms with Crippen LogP contribution in [0.4, 0.5) is 17.6 Å². The third-order valence-electron chi connectivity index (χ3n) is 4.20. The number of ketones is 1. The summed E-state index contributed by atoms with van der Waals surface area (Å²) in [5, 5.41) is 0. The number of pyridine rings is 2. The third kappa shape index (κ3) is 7.16. The van der Waals surface area contributed by atoms with Crippen LogP contribution < -0.4 is 4.74 Å². The number of aromatic nitrogens is 2. The largest absolute Gasteiger partial charge is 0.453 e. The molecule has 0 aromatic carbocycles. The van der Waals surface area contributed by atoms with Crippen molar-refractivity contribution in [2.24, 2.45) is 0 Å². The second-order valence-corrected chi connectivity index (χ2v) is 6.77. The van der Waals surface area contributed by atoms with E-state index in [1.54, 1.807) is 18.3 Å². The summed E-state index contributed by atoms with van der Waals surface area (Å²) in [5.41, 5.74) is 0.827. The van der Waals surface area contributed by atoms with Gasteiger partial charge in [0.25, 0.3) is 0 Å². The van der Waals surface area contributed by atoms with E-state index in [-0.39, 0.29) is 12.2 Å². The fourth-order valence-corrected chi connectivity index (χ4v) is 2.70. The maximum Gasteiger partial charge on any atom is 0.433 e. The van der Waals surface area contributed by atoms with Gasteiger partial charge in [-0.25, -0.2) is 9.37 Å². The molecule has 0 fully saturated rings. The van der Waals surface area contributed by atoms with Gasteiger partial charge in [0.2, 0.25) is 0 Å². The lowest BCUT2D eigenvalue weighted by Crippen LogP contribution is -2.07. The van der Waals surface area contributed by atoms with Gasteiger partial charge >= 0.3 is 6.18 Å². The van der Waals surface area contributed by atoms with E-state index in [4.69, 9.17) is 4.74 Å². The Hall–Kier alpha value is -3.29. The Bertz CT molecular complexity index is 980. The second kappa shape index (κ2) is 10.7. The van der Waals surface area contributed by atoms with Crippen LogP contribution in [0.3, 0.4) is 0 Å². The molecule has 0 amide bonds. The van der Waals surface area contributed by atoms with Gasteiger partial charge in [0, 0.05) is 12.6 Å². The smallest absolute Gasteiger partial charge is 0.433 e. The Morgan fingerprint density at radius 1 is 1.19 bits per heavy atom. The van der Waals surface area contributed by atoms with Gasteiger partial charge in [-0.3, -0.25) is 9.78 Å². The number of hydrogen-bond acceptors (Lipinski definition) is 4. The number of carbonyl (C=O) groups is 1. The number of halogens is 4. The normalized spacial score (nSPS) is 11.8. The molecule has 0 aliphatic rings. The molecular formula is C23H22F4N2O2. The standard InChI is InChI=1S/C23H22F4N2O2/c1-4-6-17(9-8-15(2)13-19(30)16(3)24)22-20(7-5-12-28-22)31-18-10-11-21(29-14-18)23(25,26)27/h5,7,9-12,14H,2-4,6,8,13H2,1H3/b17-9+. The van der Waals surface area contributed by atoms with Crippen LogP contribution in [0, 0.1) is 0 Å². The van der Waals surface area contributed by atoms with Crippen molar-refractivity contribution in [3.63, 3.8) is 0 Å². The van der Waals surface area contributed by atoms with E-state index < -0.39 is 23.5 Å². The van der Waals surface area contributed by atoms with E-state index in [1.165, 1.54) is 6.07 Å². The van der Waals surface area contributed by atoms with Crippen LogP contribution >= 0.6 is 0 Å². The summed E-state index contributed by atoms with van der Waals surface area (Å²) in [6.45, 7) is 8.75. The summed E-state index contributed by atoms with van der Waals surface area (Å²) in [4.78, 5) is 19.2. The van der Waals surface area contributed by atoms with E-state index in [2.05, 4.69) is 23.1 Å². The van der Waals surface area contributed by atoms with Crippen molar-refractivity contribution in [2.75, 3.05) is 0 Å². The first-order valence-electron chi connectivity index (χ1n) is 9.51. The van der Waals surface area contributed by atoms with Crippen LogP contribution in [0.2, 0.25) is 0 Å². The number of ether oxygens (including phenoxy) is 1. The molecule has 0 aliphatic heterocycles. The van der Waals surface area contributed by atoms with Gasteiger partial charge in [0.05, 0.1) is 6.20 Å². The molecule has 8 heteroatoms. The van der Waals surface area contributed by atoms with Gasteiger partial charge in [0.1, 0.15) is 17.1 Å². The van der Waals surface area contributed by atoms with E-state index in [9.17, 15) is 22.4 Å². The average Bonchev–Trinajstić information content (AvgIpc) is 2.71. The van der Waals surface area contributed by atoms with Crippen molar-refractivity contribution in [1.82, 2.24) is 9.97 Å². The van der Waals surface area contributed by atoms with Gasteiger partial charge in [-0.05, 0) is 42.7 Å². The van der Waals surface area contributed by atoms with Gasteiger partial charge in [-0.2, -0.15) is 13.2 Å². The van der Waals surface area contributed by atoms with Crippen LogP contribution in [0.1, 0.15) is 44.0 Å². The minimum atomic E-state index is -4.53. The topological polar surface area (TPSA) is 52.1 Å². The molecule has 2 aromatic rings. The van der Waals surface area contributed by atoms with Gasteiger partial charge < -0.3 is 4.74 Å². The lowest BCUT2D eigenvalue weighted by atomic mass is 10.0. The Balaban J connectivity index is 2.24. The number of carbonyl (C=O) groups excluding carboxylic acids is 1. The quantitative estimate of drug-likeness (QED) is 0.233. The van der Waals surface area contributed by atoms with E-state index in [0.717, 1.165) is 24.3 Å². The minimum absolute atomic E-state index is 0.134. The van der Waals surface area contributed by atoms with Crippen LogP contribution in [-0.4, -0.2) is 15.8 Å². The number of Topliss-reactive ketones (excluding diaryl/α,β-unsaturated/α-hetero) is 1. The highest BCUT2D eigenvalue weighted by Gasteiger charge is 2.32. The first-order chi connectivity index (χ1) is 14.6. The molecule has 4 nitrogen and oxygen atoms in total. The molecule has 0 bridgehead atoms. The fourth-order valence-electron chi connectivity index (χ4n) is 2.70. The second-order valence-electron chi connectivity index (χ2n) is 6.77. The predicted octanol–water partition coefficient (Wildman–Crippen LogP) is 6.86. The maximum atomic E-state index is 12.9. The van der Waals surface area contributed by atoms with E-state index in [1.807, 2.05) is 13.0 Å². The summed E-state index contributed by atoms with van der Waals surface area (Å²) < 4.78 is 56.7. The number of hydrogen-bond donors (Lipinski definition) is 0. The lowest BCUT2D eigenvalue weighted by molar-refractivity contribution is -0.141. The molecular weight excluding hydrogens is 412 g/mol. The van der Waals surface area contributed by atoms with Crippen LogP contribution in [0.25, 0.3) is 5.57 Å². The molecule has 0 aliphatic carbocycles. The molecule has 0 N–H and O–H groups in total. The van der Waals surface area contributed by atoms with Crippen molar-refractivity contribution < 1.29 is 27.1 Å². The Kier molecular flexibility index (Phi) is 8.24. The van der Waals surface area contributed by atoms with Gasteiger partial charge in [-0.15, -0.1) is 0 Å². The summed E-state index contributed by atoms with van der Waals surface area (Å²) in [7, 11) is 0. The van der Waals surface area contributed by atoms with Crippen LogP contribution in [-0.2, 0) is 11.0 Å². The molecule has 164 valence electrons. The van der Waals surface area contributed by atoms with Gasteiger partial charge in [-0.1, -0.05) is 38.2 Å². The average molecular weight is 434 g/mol. The Labute approximate surface area is 178 Å². The zero-order valence-electron chi connectivity index (χ0n) is 17.0. The first kappa shape index (κ1) is 24.0. The molecule has 0 spiro atoms. The zero-order valence-corrected chi connectivity index (χ0v) is 17.0. The maximum absolute atomic E-state index is 12.9. The number of allylic oxidation sites excluding steroid dienone is 4. The molecule has 2 heterocycles. The highest BCUT2D eigenvalue weighted by molar-refractivity contribution is 5.94. The molecule has 0 radical (unpaired) electrons. The minimum Gasteiger partial charge on any atom is -0.453 e. The Morgan fingerprint density at radius 3 is 2.52 bits per heavy atom. The zero-order chi connectivity index (χ0) is 23.0. The van der Waals surface area contributed by atoms with Crippen molar-refractivity contribution in [2.45, 2.75) is 38.8 Å².